The molecular formula is C12H26N2O3S. The Morgan fingerprint density at radius 1 is 1.28 bits per heavy atom. The third-order valence-electron chi connectivity index (χ3n) is 4.06. The van der Waals surface area contributed by atoms with Crippen LogP contribution in [0.3, 0.4) is 0 Å². The van der Waals surface area contributed by atoms with Crippen molar-refractivity contribution in [1.29, 1.82) is 0 Å². The van der Waals surface area contributed by atoms with Crippen LogP contribution in [0, 0.1) is 11.8 Å². The highest BCUT2D eigenvalue weighted by Crippen LogP contribution is 2.22. The van der Waals surface area contributed by atoms with E-state index in [4.69, 9.17) is 5.11 Å². The fourth-order valence-corrected chi connectivity index (χ4v) is 3.83. The van der Waals surface area contributed by atoms with Gasteiger partial charge in [-0.1, -0.05) is 13.8 Å². The fraction of sp³-hybridized carbons (Fsp3) is 1.00. The van der Waals surface area contributed by atoms with Gasteiger partial charge in [-0.05, 0) is 31.6 Å². The molecule has 0 aromatic rings. The molecule has 0 saturated carbocycles. The second kappa shape index (κ2) is 6.32. The Bertz CT molecular complexity index is 348. The smallest absolute Gasteiger partial charge is 0.281 e. The monoisotopic (exact) mass is 278 g/mol. The summed E-state index contributed by atoms with van der Waals surface area (Å²) in [6, 6.07) is -0.00874. The van der Waals surface area contributed by atoms with Gasteiger partial charge in [0.2, 0.25) is 0 Å². The van der Waals surface area contributed by atoms with E-state index in [0.29, 0.717) is 19.0 Å². The summed E-state index contributed by atoms with van der Waals surface area (Å²) in [7, 11) is -1.70. The Hall–Kier alpha value is -0.170. The van der Waals surface area contributed by atoms with Gasteiger partial charge in [0.15, 0.2) is 0 Å². The van der Waals surface area contributed by atoms with Crippen molar-refractivity contribution in [2.75, 3.05) is 26.7 Å². The minimum Gasteiger partial charge on any atom is -0.396 e. The summed E-state index contributed by atoms with van der Waals surface area (Å²) in [6.07, 6.45) is 1.50. The Balaban J connectivity index is 2.70. The van der Waals surface area contributed by atoms with E-state index in [-0.39, 0.29) is 18.6 Å². The van der Waals surface area contributed by atoms with E-state index in [1.165, 1.54) is 8.61 Å². The van der Waals surface area contributed by atoms with Gasteiger partial charge in [0.05, 0.1) is 0 Å². The van der Waals surface area contributed by atoms with E-state index in [0.717, 1.165) is 12.8 Å². The normalized spacial score (nSPS) is 21.7. The van der Waals surface area contributed by atoms with E-state index in [1.54, 1.807) is 7.05 Å². The molecule has 6 heteroatoms. The third kappa shape index (κ3) is 3.44. The number of aliphatic hydroxyl groups is 1. The first-order valence-corrected chi connectivity index (χ1v) is 8.04. The van der Waals surface area contributed by atoms with Crippen LogP contribution in [-0.2, 0) is 10.2 Å². The van der Waals surface area contributed by atoms with Gasteiger partial charge in [0, 0.05) is 32.8 Å². The molecular weight excluding hydrogens is 252 g/mol. The maximum Gasteiger partial charge on any atom is 0.281 e. The number of aliphatic hydroxyl groups excluding tert-OH is 1. The molecule has 1 aliphatic rings. The number of rotatable bonds is 5. The first-order valence-electron chi connectivity index (χ1n) is 6.64. The predicted molar refractivity (Wildman–Crippen MR) is 72.4 cm³/mol. The van der Waals surface area contributed by atoms with Gasteiger partial charge in [0.25, 0.3) is 10.2 Å². The molecule has 0 bridgehead atoms. The average Bonchev–Trinajstić information content (AvgIpc) is 2.36. The summed E-state index contributed by atoms with van der Waals surface area (Å²) in [4.78, 5) is 0. The number of nitrogens with zero attached hydrogens (tertiary/aromatic N) is 2. The molecule has 1 aliphatic heterocycles. The summed E-state index contributed by atoms with van der Waals surface area (Å²) in [5, 5.41) is 9.07. The van der Waals surface area contributed by atoms with Gasteiger partial charge >= 0.3 is 0 Å². The fourth-order valence-electron chi connectivity index (χ4n) is 2.13. The summed E-state index contributed by atoms with van der Waals surface area (Å²) in [6.45, 7) is 7.17. The number of hydrogen-bond acceptors (Lipinski definition) is 3. The van der Waals surface area contributed by atoms with Crippen LogP contribution < -0.4 is 0 Å². The molecule has 1 rings (SSSR count). The molecule has 108 valence electrons. The van der Waals surface area contributed by atoms with Crippen molar-refractivity contribution < 1.29 is 13.5 Å². The molecule has 0 aliphatic carbocycles. The zero-order valence-corrected chi connectivity index (χ0v) is 12.7. The van der Waals surface area contributed by atoms with Crippen molar-refractivity contribution in [3.05, 3.63) is 0 Å². The van der Waals surface area contributed by atoms with Crippen molar-refractivity contribution in [1.82, 2.24) is 8.61 Å². The van der Waals surface area contributed by atoms with Crippen LogP contribution in [0.5, 0.6) is 0 Å². The van der Waals surface area contributed by atoms with Crippen molar-refractivity contribution in [3.63, 3.8) is 0 Å². The molecule has 0 aromatic heterocycles. The van der Waals surface area contributed by atoms with Crippen molar-refractivity contribution in [2.45, 2.75) is 39.7 Å². The highest BCUT2D eigenvalue weighted by atomic mass is 32.2. The van der Waals surface area contributed by atoms with E-state index >= 15 is 0 Å². The van der Waals surface area contributed by atoms with Gasteiger partial charge in [-0.15, -0.1) is 0 Å². The molecule has 1 heterocycles. The summed E-state index contributed by atoms with van der Waals surface area (Å²) in [5.74, 6) is 0.545. The summed E-state index contributed by atoms with van der Waals surface area (Å²) < 4.78 is 27.8. The van der Waals surface area contributed by atoms with Crippen molar-refractivity contribution >= 4 is 10.2 Å². The van der Waals surface area contributed by atoms with E-state index in [2.05, 4.69) is 0 Å². The topological polar surface area (TPSA) is 60.9 Å². The molecule has 1 N–H and O–H groups in total. The lowest BCUT2D eigenvalue weighted by Crippen LogP contribution is -2.49. The Morgan fingerprint density at radius 2 is 1.78 bits per heavy atom. The van der Waals surface area contributed by atoms with Crippen LogP contribution in [0.4, 0.5) is 0 Å². The molecule has 0 aromatic carbocycles. The zero-order valence-electron chi connectivity index (χ0n) is 11.8. The van der Waals surface area contributed by atoms with Gasteiger partial charge in [-0.3, -0.25) is 0 Å². The summed E-state index contributed by atoms with van der Waals surface area (Å²) in [5.41, 5.74) is 0. The first kappa shape index (κ1) is 15.9. The Morgan fingerprint density at radius 3 is 2.17 bits per heavy atom. The second-order valence-electron chi connectivity index (χ2n) is 5.53. The first-order chi connectivity index (χ1) is 8.30. The maximum atomic E-state index is 12.4. The molecule has 1 fully saturated rings. The van der Waals surface area contributed by atoms with E-state index in [9.17, 15) is 8.42 Å². The van der Waals surface area contributed by atoms with Crippen LogP contribution >= 0.6 is 0 Å². The predicted octanol–water partition coefficient (Wildman–Crippen LogP) is 0.912. The lowest BCUT2D eigenvalue weighted by Gasteiger charge is -2.36. The lowest BCUT2D eigenvalue weighted by atomic mass is 10.00. The quantitative estimate of drug-likeness (QED) is 0.813. The van der Waals surface area contributed by atoms with Crippen LogP contribution in [0.2, 0.25) is 0 Å². The zero-order chi connectivity index (χ0) is 13.9. The Kier molecular flexibility index (Phi) is 5.58. The second-order valence-corrected chi connectivity index (χ2v) is 7.52. The van der Waals surface area contributed by atoms with Gasteiger partial charge in [0.1, 0.15) is 0 Å². The Labute approximate surface area is 111 Å². The van der Waals surface area contributed by atoms with Crippen LogP contribution in [-0.4, -0.2) is 54.9 Å². The molecule has 18 heavy (non-hydrogen) atoms. The van der Waals surface area contributed by atoms with Gasteiger partial charge in [-0.25, -0.2) is 0 Å². The van der Waals surface area contributed by atoms with Crippen molar-refractivity contribution in [3.8, 4) is 0 Å². The average molecular weight is 278 g/mol. The highest BCUT2D eigenvalue weighted by molar-refractivity contribution is 7.86. The van der Waals surface area contributed by atoms with Crippen LogP contribution in [0.25, 0.3) is 0 Å². The minimum absolute atomic E-state index is 0.00874. The molecule has 5 nitrogen and oxygen atoms in total. The molecule has 0 spiro atoms. The molecule has 1 unspecified atom stereocenters. The van der Waals surface area contributed by atoms with Gasteiger partial charge < -0.3 is 5.11 Å². The lowest BCUT2D eigenvalue weighted by molar-refractivity contribution is 0.164. The van der Waals surface area contributed by atoms with E-state index in [1.807, 2.05) is 20.8 Å². The summed E-state index contributed by atoms with van der Waals surface area (Å²) >= 11 is 0. The van der Waals surface area contributed by atoms with Gasteiger partial charge in [-0.2, -0.15) is 17.0 Å². The van der Waals surface area contributed by atoms with Crippen LogP contribution in [0.15, 0.2) is 0 Å². The molecule has 0 radical (unpaired) electrons. The minimum atomic E-state index is -3.35. The standard InChI is InChI=1S/C12H26N2O3S/c1-10(2)11(3)13(4)18(16,17)14-7-5-12(9-15)6-8-14/h10-12,15H,5-9H2,1-4H3. The highest BCUT2D eigenvalue weighted by Gasteiger charge is 2.33. The van der Waals surface area contributed by atoms with Crippen LogP contribution in [0.1, 0.15) is 33.6 Å². The van der Waals surface area contributed by atoms with Crippen molar-refractivity contribution in [2.24, 2.45) is 11.8 Å². The number of hydrogen-bond donors (Lipinski definition) is 1. The number of piperidine rings is 1. The van der Waals surface area contributed by atoms with E-state index < -0.39 is 10.2 Å². The third-order valence-corrected chi connectivity index (χ3v) is 6.14. The molecule has 0 amide bonds. The SMILES string of the molecule is CC(C)C(C)N(C)S(=O)(=O)N1CCC(CO)CC1. The molecule has 1 saturated heterocycles. The largest absolute Gasteiger partial charge is 0.396 e. The maximum absolute atomic E-state index is 12.4. The molecule has 1 atom stereocenters.